The Kier molecular flexibility index (Phi) is 16.1. The summed E-state index contributed by atoms with van der Waals surface area (Å²) < 4.78 is 30.3. The Labute approximate surface area is 131 Å². The van der Waals surface area contributed by atoms with E-state index in [0.717, 1.165) is 12.8 Å². The predicted molar refractivity (Wildman–Crippen MR) is 84.9 cm³/mol. The Bertz CT molecular complexity index is 273. The van der Waals surface area contributed by atoms with E-state index in [1.54, 1.807) is 0 Å². The molecule has 0 spiro atoms. The first-order valence-corrected chi connectivity index (χ1v) is 9.30. The van der Waals surface area contributed by atoms with Crippen LogP contribution in [0.1, 0.15) is 71.1 Å². The maximum absolute atomic E-state index is 10.3. The van der Waals surface area contributed by atoms with E-state index >= 15 is 0 Å². The van der Waals surface area contributed by atoms with E-state index in [9.17, 15) is 8.42 Å². The largest absolute Gasteiger partial charge is 0.394 e. The lowest BCUT2D eigenvalue weighted by Gasteiger charge is -2.13. The van der Waals surface area contributed by atoms with Crippen LogP contribution in [0, 0.1) is 0 Å². The highest BCUT2D eigenvalue weighted by molar-refractivity contribution is 7.67. The van der Waals surface area contributed by atoms with Gasteiger partial charge < -0.3 is 9.84 Å². The molecule has 0 aliphatic heterocycles. The van der Waals surface area contributed by atoms with Crippen molar-refractivity contribution in [1.82, 2.24) is 0 Å². The van der Waals surface area contributed by atoms with Gasteiger partial charge in [-0.1, -0.05) is 64.7 Å². The van der Waals surface area contributed by atoms with E-state index in [2.05, 4.69) is 11.1 Å². The summed E-state index contributed by atoms with van der Waals surface area (Å²) in [6.45, 7) is 2.45. The van der Waals surface area contributed by atoms with Crippen molar-refractivity contribution in [2.24, 2.45) is 0 Å². The number of rotatable bonds is 16. The Morgan fingerprint density at radius 3 is 1.90 bits per heavy atom. The Hall–Kier alpha value is -0.170. The molecule has 5 nitrogen and oxygen atoms in total. The van der Waals surface area contributed by atoms with Crippen LogP contribution < -0.4 is 0 Å². The fraction of sp³-hybridized carbons (Fsp3) is 1.00. The average Bonchev–Trinajstić information content (AvgIpc) is 2.47. The maximum atomic E-state index is 10.3. The van der Waals surface area contributed by atoms with Crippen molar-refractivity contribution in [1.29, 1.82) is 0 Å². The predicted octanol–water partition coefficient (Wildman–Crippen LogP) is 2.83. The second-order valence-corrected chi connectivity index (χ2v) is 6.08. The molecule has 0 aromatic heterocycles. The van der Waals surface area contributed by atoms with Crippen LogP contribution in [0.4, 0.5) is 0 Å². The molecule has 0 aliphatic carbocycles. The van der Waals surface area contributed by atoms with E-state index in [-0.39, 0.29) is 13.2 Å². The van der Waals surface area contributed by atoms with Gasteiger partial charge in [-0.2, -0.15) is 0 Å². The number of aliphatic hydroxyl groups is 1. The minimum atomic E-state index is -2.86. The van der Waals surface area contributed by atoms with E-state index in [4.69, 9.17) is 9.84 Å². The van der Waals surface area contributed by atoms with Gasteiger partial charge in [-0.15, -0.1) is 0 Å². The molecule has 1 atom stereocenters. The molecule has 0 rings (SSSR count). The fourth-order valence-electron chi connectivity index (χ4n) is 2.14. The molecule has 0 saturated heterocycles. The summed E-state index contributed by atoms with van der Waals surface area (Å²) in [6.07, 6.45) is 12.0. The standard InChI is InChI=1S/C15H32O5S/c1-2-3-4-5-6-7-8-9-10-11-12-19-15(13-16)14-20-21(17)18/h15-16,21H,2-14H2,1H3. The SMILES string of the molecule is CCCCCCCCCCCCOC(CO)CO[SH](=O)=O. The van der Waals surface area contributed by atoms with Gasteiger partial charge in [0.25, 0.3) is 11.0 Å². The summed E-state index contributed by atoms with van der Waals surface area (Å²) in [6, 6.07) is 0. The van der Waals surface area contributed by atoms with Gasteiger partial charge in [0.1, 0.15) is 6.10 Å². The lowest BCUT2D eigenvalue weighted by molar-refractivity contribution is -0.0127. The zero-order valence-electron chi connectivity index (χ0n) is 13.3. The van der Waals surface area contributed by atoms with Crippen LogP contribution >= 0.6 is 0 Å². The Morgan fingerprint density at radius 2 is 1.43 bits per heavy atom. The number of aliphatic hydroxyl groups excluding tert-OH is 1. The molecule has 0 saturated carbocycles. The van der Waals surface area contributed by atoms with Crippen LogP contribution in [0.5, 0.6) is 0 Å². The summed E-state index contributed by atoms with van der Waals surface area (Å²) in [5.74, 6) is 0. The first kappa shape index (κ1) is 20.8. The molecule has 0 bridgehead atoms. The van der Waals surface area contributed by atoms with Crippen molar-refractivity contribution >= 4 is 11.0 Å². The van der Waals surface area contributed by atoms with Crippen molar-refractivity contribution < 1.29 is 22.4 Å². The van der Waals surface area contributed by atoms with Crippen molar-refractivity contribution in [2.45, 2.75) is 77.2 Å². The van der Waals surface area contributed by atoms with Crippen LogP contribution in [0.2, 0.25) is 0 Å². The molecular weight excluding hydrogens is 292 g/mol. The minimum absolute atomic E-state index is 0.104. The van der Waals surface area contributed by atoms with Crippen molar-refractivity contribution in [2.75, 3.05) is 19.8 Å². The van der Waals surface area contributed by atoms with Gasteiger partial charge in [-0.05, 0) is 6.42 Å². The fourth-order valence-corrected chi connectivity index (χ4v) is 2.42. The molecule has 0 aromatic rings. The normalized spacial score (nSPS) is 12.9. The number of unbranched alkanes of at least 4 members (excludes halogenated alkanes) is 9. The topological polar surface area (TPSA) is 72.8 Å². The Morgan fingerprint density at radius 1 is 0.905 bits per heavy atom. The van der Waals surface area contributed by atoms with Gasteiger partial charge in [0, 0.05) is 6.61 Å². The molecule has 0 radical (unpaired) electrons. The highest BCUT2D eigenvalue weighted by Gasteiger charge is 2.08. The molecule has 1 N–H and O–H groups in total. The summed E-state index contributed by atoms with van der Waals surface area (Å²) >= 11 is 0. The molecule has 1 unspecified atom stereocenters. The van der Waals surface area contributed by atoms with Gasteiger partial charge in [0.05, 0.1) is 13.2 Å². The highest BCUT2D eigenvalue weighted by Crippen LogP contribution is 2.10. The van der Waals surface area contributed by atoms with E-state index < -0.39 is 17.1 Å². The first-order valence-electron chi connectivity index (χ1n) is 8.20. The Balaban J connectivity index is 3.26. The molecule has 128 valence electrons. The molecule has 0 heterocycles. The lowest BCUT2D eigenvalue weighted by atomic mass is 10.1. The van der Waals surface area contributed by atoms with Gasteiger partial charge >= 0.3 is 0 Å². The zero-order chi connectivity index (χ0) is 15.8. The zero-order valence-corrected chi connectivity index (χ0v) is 14.2. The highest BCUT2D eigenvalue weighted by atomic mass is 32.2. The van der Waals surface area contributed by atoms with Gasteiger partial charge in [0.15, 0.2) is 0 Å². The molecule has 0 aromatic carbocycles. The molecule has 0 fully saturated rings. The summed E-state index contributed by atoms with van der Waals surface area (Å²) in [5.41, 5.74) is 0. The summed E-state index contributed by atoms with van der Waals surface area (Å²) in [4.78, 5) is 0. The summed E-state index contributed by atoms with van der Waals surface area (Å²) in [7, 11) is -2.86. The third-order valence-electron chi connectivity index (χ3n) is 3.42. The minimum Gasteiger partial charge on any atom is -0.394 e. The second kappa shape index (κ2) is 16.2. The van der Waals surface area contributed by atoms with Gasteiger partial charge in [-0.3, -0.25) is 4.18 Å². The van der Waals surface area contributed by atoms with Crippen LogP contribution in [-0.4, -0.2) is 39.4 Å². The quantitative estimate of drug-likeness (QED) is 0.337. The van der Waals surface area contributed by atoms with Crippen LogP contribution in [0.15, 0.2) is 0 Å². The molecule has 21 heavy (non-hydrogen) atoms. The monoisotopic (exact) mass is 324 g/mol. The number of thiol groups is 1. The molecule has 6 heteroatoms. The lowest BCUT2D eigenvalue weighted by Crippen LogP contribution is -2.24. The summed E-state index contributed by atoms with van der Waals surface area (Å²) in [5, 5.41) is 9.00. The number of ether oxygens (including phenoxy) is 1. The van der Waals surface area contributed by atoms with Crippen LogP contribution in [0.3, 0.4) is 0 Å². The molecule has 0 amide bonds. The van der Waals surface area contributed by atoms with Crippen molar-refractivity contribution in [3.63, 3.8) is 0 Å². The second-order valence-electron chi connectivity index (χ2n) is 5.38. The molecule has 0 aliphatic rings. The third-order valence-corrected chi connectivity index (χ3v) is 3.78. The van der Waals surface area contributed by atoms with Crippen LogP contribution in [-0.2, 0) is 19.9 Å². The van der Waals surface area contributed by atoms with E-state index in [1.807, 2.05) is 0 Å². The molecular formula is C15H32O5S. The van der Waals surface area contributed by atoms with Crippen molar-refractivity contribution in [3.05, 3.63) is 0 Å². The number of hydrogen-bond acceptors (Lipinski definition) is 5. The maximum Gasteiger partial charge on any atom is 0.257 e. The average molecular weight is 324 g/mol. The van der Waals surface area contributed by atoms with Crippen molar-refractivity contribution in [3.8, 4) is 0 Å². The first-order chi connectivity index (χ1) is 10.2. The number of hydrogen-bond donors (Lipinski definition) is 2. The van der Waals surface area contributed by atoms with Crippen LogP contribution in [0.25, 0.3) is 0 Å². The third kappa shape index (κ3) is 16.0. The van der Waals surface area contributed by atoms with Gasteiger partial charge in [0.2, 0.25) is 0 Å². The smallest absolute Gasteiger partial charge is 0.257 e. The van der Waals surface area contributed by atoms with E-state index in [0.29, 0.717) is 6.61 Å². The van der Waals surface area contributed by atoms with Gasteiger partial charge in [-0.25, -0.2) is 8.42 Å². The van der Waals surface area contributed by atoms with E-state index in [1.165, 1.54) is 51.4 Å².